The molecule has 0 aromatic carbocycles. The van der Waals surface area contributed by atoms with Gasteiger partial charge in [0, 0.05) is 19.3 Å². The molecule has 4 rings (SSSR count). The number of hydrogen-bond acceptors (Lipinski definition) is 6. The van der Waals surface area contributed by atoms with E-state index >= 15 is 0 Å². The lowest BCUT2D eigenvalue weighted by Crippen LogP contribution is -1.99. The van der Waals surface area contributed by atoms with Crippen molar-refractivity contribution in [3.63, 3.8) is 0 Å². The molecule has 0 amide bonds. The Labute approximate surface area is 125 Å². The van der Waals surface area contributed by atoms with Crippen molar-refractivity contribution < 1.29 is 9.15 Å². The van der Waals surface area contributed by atoms with Gasteiger partial charge in [-0.1, -0.05) is 0 Å². The van der Waals surface area contributed by atoms with Gasteiger partial charge in [0.1, 0.15) is 17.1 Å². The maximum atomic E-state index is 5.90. The second kappa shape index (κ2) is 4.73. The molecule has 0 spiro atoms. The maximum Gasteiger partial charge on any atom is 0.224 e. The lowest BCUT2D eigenvalue weighted by atomic mass is 10.3. The molecule has 0 aliphatic carbocycles. The Hall–Kier alpha value is -3.09. The second-order valence-electron chi connectivity index (χ2n) is 4.72. The van der Waals surface area contributed by atoms with E-state index in [9.17, 15) is 0 Å². The van der Waals surface area contributed by atoms with Crippen LogP contribution in [0.5, 0.6) is 5.88 Å². The highest BCUT2D eigenvalue weighted by molar-refractivity contribution is 5.86. The van der Waals surface area contributed by atoms with Crippen molar-refractivity contribution >= 4 is 22.4 Å². The van der Waals surface area contributed by atoms with Crippen molar-refractivity contribution in [3.05, 3.63) is 36.7 Å². The molecule has 0 aliphatic heterocycles. The minimum absolute atomic E-state index is 0.533. The molecule has 0 atom stereocenters. The summed E-state index contributed by atoms with van der Waals surface area (Å²) in [5.41, 5.74) is 2.23. The van der Waals surface area contributed by atoms with E-state index in [1.807, 2.05) is 25.2 Å². The van der Waals surface area contributed by atoms with Gasteiger partial charge in [-0.3, -0.25) is 0 Å². The largest absolute Gasteiger partial charge is 0.480 e. The number of imidazole rings is 1. The monoisotopic (exact) mass is 295 g/mol. The Morgan fingerprint density at radius 3 is 2.95 bits per heavy atom. The Bertz CT molecular complexity index is 973. The first-order chi connectivity index (χ1) is 10.8. The summed E-state index contributed by atoms with van der Waals surface area (Å²) in [5.74, 6) is 1.95. The van der Waals surface area contributed by atoms with Crippen LogP contribution in [0.2, 0.25) is 0 Å². The molecule has 7 nitrogen and oxygen atoms in total. The van der Waals surface area contributed by atoms with E-state index < -0.39 is 0 Å². The molecule has 0 saturated heterocycles. The second-order valence-corrected chi connectivity index (χ2v) is 4.72. The first-order valence-corrected chi connectivity index (χ1v) is 6.75. The Morgan fingerprint density at radius 2 is 2.14 bits per heavy atom. The van der Waals surface area contributed by atoms with Crippen molar-refractivity contribution in [3.8, 4) is 17.3 Å². The molecule has 0 saturated carbocycles. The lowest BCUT2D eigenvalue weighted by Gasteiger charge is -2.01. The third-order valence-electron chi connectivity index (χ3n) is 3.47. The van der Waals surface area contributed by atoms with Crippen LogP contribution in [0, 0.1) is 0 Å². The normalized spacial score (nSPS) is 11.2. The Morgan fingerprint density at radius 1 is 1.23 bits per heavy atom. The fraction of sp³-hybridized carbons (Fsp3) is 0.133. The number of hydrogen-bond donors (Lipinski definition) is 1. The standard InChI is InChI=1S/C15H13N5O2/c1-16-13-3-4-14-18-8-10(20(14)19-13)12-7-9-11(22-12)5-6-17-15(9)21-2/h3-8H,1-2H3,(H,16,19). The molecule has 110 valence electrons. The van der Waals surface area contributed by atoms with Gasteiger partial charge in [-0.25, -0.2) is 14.5 Å². The number of nitrogens with one attached hydrogen (secondary N) is 1. The highest BCUT2D eigenvalue weighted by atomic mass is 16.5. The third kappa shape index (κ3) is 1.79. The zero-order valence-electron chi connectivity index (χ0n) is 12.1. The van der Waals surface area contributed by atoms with Gasteiger partial charge in [-0.2, -0.15) is 0 Å². The molecule has 0 unspecified atom stereocenters. The van der Waals surface area contributed by atoms with Gasteiger partial charge >= 0.3 is 0 Å². The number of methoxy groups -OCH3 is 1. The minimum Gasteiger partial charge on any atom is -0.480 e. The number of ether oxygens (including phenoxy) is 1. The Kier molecular flexibility index (Phi) is 2.72. The third-order valence-corrected chi connectivity index (χ3v) is 3.47. The zero-order chi connectivity index (χ0) is 15.1. The van der Waals surface area contributed by atoms with E-state index in [1.54, 1.807) is 30.1 Å². The number of anilines is 1. The molecule has 4 aromatic heterocycles. The zero-order valence-corrected chi connectivity index (χ0v) is 12.1. The van der Waals surface area contributed by atoms with Crippen molar-refractivity contribution in [2.75, 3.05) is 19.5 Å². The van der Waals surface area contributed by atoms with E-state index in [1.165, 1.54) is 0 Å². The molecular weight excluding hydrogens is 282 g/mol. The number of rotatable bonds is 3. The molecule has 4 heterocycles. The summed E-state index contributed by atoms with van der Waals surface area (Å²) in [6.45, 7) is 0. The van der Waals surface area contributed by atoms with Gasteiger partial charge in [0.2, 0.25) is 5.88 Å². The van der Waals surface area contributed by atoms with Crippen LogP contribution in [0.4, 0.5) is 5.82 Å². The van der Waals surface area contributed by atoms with Crippen LogP contribution in [-0.4, -0.2) is 33.7 Å². The van der Waals surface area contributed by atoms with Crippen LogP contribution in [0.15, 0.2) is 41.1 Å². The van der Waals surface area contributed by atoms with Crippen LogP contribution in [0.1, 0.15) is 0 Å². The molecule has 0 radical (unpaired) electrons. The van der Waals surface area contributed by atoms with Crippen molar-refractivity contribution in [1.82, 2.24) is 19.6 Å². The quantitative estimate of drug-likeness (QED) is 0.626. The maximum absolute atomic E-state index is 5.90. The molecule has 0 bridgehead atoms. The van der Waals surface area contributed by atoms with Crippen molar-refractivity contribution in [2.45, 2.75) is 0 Å². The summed E-state index contributed by atoms with van der Waals surface area (Å²) < 4.78 is 12.9. The molecule has 1 N–H and O–H groups in total. The van der Waals surface area contributed by atoms with Crippen LogP contribution >= 0.6 is 0 Å². The highest BCUT2D eigenvalue weighted by Gasteiger charge is 2.15. The van der Waals surface area contributed by atoms with Crippen molar-refractivity contribution in [1.29, 1.82) is 0 Å². The summed E-state index contributed by atoms with van der Waals surface area (Å²) in [7, 11) is 3.41. The van der Waals surface area contributed by atoms with E-state index in [-0.39, 0.29) is 0 Å². The molecular formula is C15H13N5O2. The first-order valence-electron chi connectivity index (χ1n) is 6.75. The van der Waals surface area contributed by atoms with Crippen molar-refractivity contribution in [2.24, 2.45) is 0 Å². The molecule has 0 fully saturated rings. The number of pyridine rings is 1. The van der Waals surface area contributed by atoms with E-state index in [4.69, 9.17) is 9.15 Å². The van der Waals surface area contributed by atoms with E-state index in [2.05, 4.69) is 20.4 Å². The summed E-state index contributed by atoms with van der Waals surface area (Å²) >= 11 is 0. The predicted octanol–water partition coefficient (Wildman–Crippen LogP) is 2.59. The van der Waals surface area contributed by atoms with Gasteiger partial charge in [-0.05, 0) is 18.2 Å². The molecule has 22 heavy (non-hydrogen) atoms. The summed E-state index contributed by atoms with van der Waals surface area (Å²) in [5, 5.41) is 8.31. The van der Waals surface area contributed by atoms with Crippen LogP contribution in [0.3, 0.4) is 0 Å². The fourth-order valence-corrected chi connectivity index (χ4v) is 2.40. The highest BCUT2D eigenvalue weighted by Crippen LogP contribution is 2.32. The fourth-order valence-electron chi connectivity index (χ4n) is 2.40. The first kappa shape index (κ1) is 12.6. The van der Waals surface area contributed by atoms with Gasteiger partial charge in [0.25, 0.3) is 0 Å². The average molecular weight is 295 g/mol. The smallest absolute Gasteiger partial charge is 0.224 e. The van der Waals surface area contributed by atoms with E-state index in [0.29, 0.717) is 17.2 Å². The van der Waals surface area contributed by atoms with Gasteiger partial charge in [-0.15, -0.1) is 5.10 Å². The Balaban J connectivity index is 1.95. The van der Waals surface area contributed by atoms with Gasteiger partial charge in [0.15, 0.2) is 11.4 Å². The SMILES string of the molecule is CNc1ccc2ncc(-c3cc4c(OC)nccc4o3)n2n1. The van der Waals surface area contributed by atoms with Crippen LogP contribution in [0.25, 0.3) is 28.1 Å². The lowest BCUT2D eigenvalue weighted by molar-refractivity contribution is 0.403. The summed E-state index contributed by atoms with van der Waals surface area (Å²) in [6.07, 6.45) is 3.39. The molecule has 4 aromatic rings. The van der Waals surface area contributed by atoms with Crippen LogP contribution < -0.4 is 10.1 Å². The van der Waals surface area contributed by atoms with Gasteiger partial charge < -0.3 is 14.5 Å². The predicted molar refractivity (Wildman–Crippen MR) is 82.1 cm³/mol. The minimum atomic E-state index is 0.533. The number of fused-ring (bicyclic) bond motifs is 2. The van der Waals surface area contributed by atoms with Gasteiger partial charge in [0.05, 0.1) is 18.7 Å². The number of aromatic nitrogens is 4. The number of nitrogens with zero attached hydrogens (tertiary/aromatic N) is 4. The van der Waals surface area contributed by atoms with Crippen LogP contribution in [-0.2, 0) is 0 Å². The summed E-state index contributed by atoms with van der Waals surface area (Å²) in [4.78, 5) is 8.53. The summed E-state index contributed by atoms with van der Waals surface area (Å²) in [6, 6.07) is 7.46. The average Bonchev–Trinajstić information content (AvgIpc) is 3.16. The molecule has 7 heteroatoms. The molecule has 0 aliphatic rings. The van der Waals surface area contributed by atoms with E-state index in [0.717, 1.165) is 22.5 Å². The topological polar surface area (TPSA) is 77.5 Å². The number of furan rings is 1.